The molecule has 2 fully saturated rings. The van der Waals surface area contributed by atoms with Gasteiger partial charge in [0.05, 0.1) is 12.0 Å². The van der Waals surface area contributed by atoms with Crippen molar-refractivity contribution in [2.75, 3.05) is 0 Å². The lowest BCUT2D eigenvalue weighted by atomic mass is 10.1. The first kappa shape index (κ1) is 6.16. The van der Waals surface area contributed by atoms with E-state index in [-0.39, 0.29) is 17.9 Å². The van der Waals surface area contributed by atoms with Crippen LogP contribution in [0, 0.1) is 17.8 Å². The first-order chi connectivity index (χ1) is 4.72. The summed E-state index contributed by atoms with van der Waals surface area (Å²) in [6.07, 6.45) is 1.38. The van der Waals surface area contributed by atoms with Gasteiger partial charge < -0.3 is 10.2 Å². The van der Waals surface area contributed by atoms with Gasteiger partial charge in [0.1, 0.15) is 0 Å². The summed E-state index contributed by atoms with van der Waals surface area (Å²) in [5.41, 5.74) is 0. The number of aliphatic carboxylic acids is 1. The molecule has 0 unspecified atom stereocenters. The number of hydrogen-bond acceptors (Lipinski definition) is 2. The quantitative estimate of drug-likeness (QED) is 0.545. The largest absolute Gasteiger partial charge is 0.481 e. The highest BCUT2D eigenvalue weighted by atomic mass is 16.4. The molecule has 56 valence electrons. The van der Waals surface area contributed by atoms with Crippen LogP contribution in [0.1, 0.15) is 12.8 Å². The maximum absolute atomic E-state index is 10.4. The predicted molar refractivity (Wildman–Crippen MR) is 33.3 cm³/mol. The Bertz CT molecular complexity index is 178. The first-order valence-electron chi connectivity index (χ1n) is 3.62. The topological polar surface area (TPSA) is 57.5 Å². The van der Waals surface area contributed by atoms with Gasteiger partial charge in [0.2, 0.25) is 0 Å². The second kappa shape index (κ2) is 1.72. The van der Waals surface area contributed by atoms with E-state index in [0.717, 1.165) is 12.8 Å². The molecule has 0 heterocycles. The summed E-state index contributed by atoms with van der Waals surface area (Å²) in [6, 6.07) is 0. The van der Waals surface area contributed by atoms with E-state index in [2.05, 4.69) is 0 Å². The molecule has 0 aliphatic heterocycles. The fraction of sp³-hybridized carbons (Fsp3) is 0.857. The second-order valence-corrected chi connectivity index (χ2v) is 3.25. The molecule has 0 radical (unpaired) electrons. The molecule has 0 bridgehead atoms. The summed E-state index contributed by atoms with van der Waals surface area (Å²) < 4.78 is 0. The molecule has 0 aromatic heterocycles. The molecule has 2 saturated carbocycles. The van der Waals surface area contributed by atoms with Gasteiger partial charge in [0.15, 0.2) is 0 Å². The van der Waals surface area contributed by atoms with Crippen LogP contribution in [0.5, 0.6) is 0 Å². The van der Waals surface area contributed by atoms with Crippen LogP contribution in [-0.4, -0.2) is 22.3 Å². The van der Waals surface area contributed by atoms with Crippen LogP contribution >= 0.6 is 0 Å². The number of fused-ring (bicyclic) bond motifs is 1. The number of hydrogen-bond donors (Lipinski definition) is 2. The lowest BCUT2D eigenvalue weighted by Crippen LogP contribution is -2.12. The third-order valence-corrected chi connectivity index (χ3v) is 2.75. The first-order valence-corrected chi connectivity index (χ1v) is 3.62. The summed E-state index contributed by atoms with van der Waals surface area (Å²) in [4.78, 5) is 10.4. The van der Waals surface area contributed by atoms with Gasteiger partial charge in [-0.2, -0.15) is 0 Å². The van der Waals surface area contributed by atoms with Gasteiger partial charge in [-0.25, -0.2) is 0 Å². The molecule has 2 aliphatic carbocycles. The van der Waals surface area contributed by atoms with Gasteiger partial charge in [-0.3, -0.25) is 4.79 Å². The van der Waals surface area contributed by atoms with Crippen molar-refractivity contribution in [3.8, 4) is 0 Å². The van der Waals surface area contributed by atoms with Crippen molar-refractivity contribution in [1.82, 2.24) is 0 Å². The van der Waals surface area contributed by atoms with Crippen LogP contribution in [0.25, 0.3) is 0 Å². The minimum atomic E-state index is -0.728. The normalized spacial score (nSPS) is 50.5. The molecule has 10 heavy (non-hydrogen) atoms. The highest BCUT2D eigenvalue weighted by Crippen LogP contribution is 2.57. The van der Waals surface area contributed by atoms with E-state index in [9.17, 15) is 9.90 Å². The highest BCUT2D eigenvalue weighted by molar-refractivity contribution is 5.74. The van der Waals surface area contributed by atoms with Crippen molar-refractivity contribution in [1.29, 1.82) is 0 Å². The zero-order chi connectivity index (χ0) is 7.30. The smallest absolute Gasteiger partial charge is 0.307 e. The van der Waals surface area contributed by atoms with E-state index in [4.69, 9.17) is 5.11 Å². The number of aliphatic hydroxyl groups is 1. The molecule has 0 saturated heterocycles. The van der Waals surface area contributed by atoms with Crippen LogP contribution in [0.4, 0.5) is 0 Å². The molecular formula is C7H10O3. The molecule has 0 spiro atoms. The average molecular weight is 142 g/mol. The molecule has 0 aromatic carbocycles. The fourth-order valence-electron chi connectivity index (χ4n) is 2.20. The summed E-state index contributed by atoms with van der Waals surface area (Å²) in [5.74, 6) is -0.553. The van der Waals surface area contributed by atoms with Gasteiger partial charge in [0, 0.05) is 5.92 Å². The lowest BCUT2D eigenvalue weighted by Gasteiger charge is -2.02. The minimum Gasteiger partial charge on any atom is -0.481 e. The van der Waals surface area contributed by atoms with Crippen LogP contribution in [-0.2, 0) is 4.79 Å². The molecule has 2 rings (SSSR count). The maximum Gasteiger partial charge on any atom is 0.307 e. The molecule has 2 N–H and O–H groups in total. The van der Waals surface area contributed by atoms with Crippen LogP contribution in [0.3, 0.4) is 0 Å². The average Bonchev–Trinajstić information content (AvgIpc) is 2.48. The highest BCUT2D eigenvalue weighted by Gasteiger charge is 2.61. The van der Waals surface area contributed by atoms with E-state index >= 15 is 0 Å². The Hall–Kier alpha value is -0.570. The number of aliphatic hydroxyl groups excluding tert-OH is 1. The molecule has 3 heteroatoms. The van der Waals surface area contributed by atoms with Crippen LogP contribution < -0.4 is 0 Å². The Kier molecular flexibility index (Phi) is 1.06. The summed E-state index contributed by atoms with van der Waals surface area (Å²) in [5, 5.41) is 17.8. The number of carboxylic acid groups (broad SMARTS) is 1. The van der Waals surface area contributed by atoms with Crippen molar-refractivity contribution in [3.05, 3.63) is 0 Å². The van der Waals surface area contributed by atoms with E-state index < -0.39 is 5.97 Å². The van der Waals surface area contributed by atoms with Gasteiger partial charge in [-0.05, 0) is 18.8 Å². The monoisotopic (exact) mass is 142 g/mol. The summed E-state index contributed by atoms with van der Waals surface area (Å²) in [6.45, 7) is 0. The molecular weight excluding hydrogens is 132 g/mol. The predicted octanol–water partition coefficient (Wildman–Crippen LogP) is 0.0879. The standard InChI is InChI=1S/C7H10O3/c8-4-2-1-3-5(4)6(3)7(9)10/h3-6,8H,1-2H2,(H,9,10)/t3-,4+,5-,6-/m1/s1. The number of carboxylic acids is 1. The van der Waals surface area contributed by atoms with Crippen molar-refractivity contribution >= 4 is 5.97 Å². The van der Waals surface area contributed by atoms with Gasteiger partial charge in [0.25, 0.3) is 0 Å². The fourth-order valence-corrected chi connectivity index (χ4v) is 2.20. The van der Waals surface area contributed by atoms with Crippen LogP contribution in [0.15, 0.2) is 0 Å². The van der Waals surface area contributed by atoms with E-state index in [0.29, 0.717) is 5.92 Å². The van der Waals surface area contributed by atoms with E-state index in [1.807, 2.05) is 0 Å². The maximum atomic E-state index is 10.4. The van der Waals surface area contributed by atoms with Crippen LogP contribution in [0.2, 0.25) is 0 Å². The zero-order valence-electron chi connectivity index (χ0n) is 5.53. The molecule has 0 amide bonds. The van der Waals surface area contributed by atoms with Gasteiger partial charge >= 0.3 is 5.97 Å². The van der Waals surface area contributed by atoms with E-state index in [1.165, 1.54) is 0 Å². The Morgan fingerprint density at radius 1 is 1.40 bits per heavy atom. The van der Waals surface area contributed by atoms with Crippen molar-refractivity contribution in [2.45, 2.75) is 18.9 Å². The molecule has 0 aromatic rings. The molecule has 3 nitrogen and oxygen atoms in total. The third-order valence-electron chi connectivity index (χ3n) is 2.75. The number of carbonyl (C=O) groups is 1. The van der Waals surface area contributed by atoms with Gasteiger partial charge in [-0.15, -0.1) is 0 Å². The Morgan fingerprint density at radius 2 is 2.10 bits per heavy atom. The Balaban J connectivity index is 2.05. The van der Waals surface area contributed by atoms with Crippen molar-refractivity contribution in [3.63, 3.8) is 0 Å². The zero-order valence-corrected chi connectivity index (χ0v) is 5.53. The Labute approximate surface area is 58.7 Å². The SMILES string of the molecule is O=C(O)[C@@H]1[C@@H]2CC[C@H](O)[C@@H]21. The lowest BCUT2D eigenvalue weighted by molar-refractivity contribution is -0.139. The Morgan fingerprint density at radius 3 is 2.40 bits per heavy atom. The van der Waals surface area contributed by atoms with E-state index in [1.54, 1.807) is 0 Å². The summed E-state index contributed by atoms with van der Waals surface area (Å²) >= 11 is 0. The minimum absolute atomic E-state index is 0.0949. The summed E-state index contributed by atoms with van der Waals surface area (Å²) in [7, 11) is 0. The second-order valence-electron chi connectivity index (χ2n) is 3.25. The third kappa shape index (κ3) is 0.611. The number of rotatable bonds is 1. The molecule has 2 aliphatic rings. The van der Waals surface area contributed by atoms with Crippen molar-refractivity contribution in [2.24, 2.45) is 17.8 Å². The molecule has 4 atom stereocenters. The van der Waals surface area contributed by atoms with Crippen molar-refractivity contribution < 1.29 is 15.0 Å². The van der Waals surface area contributed by atoms with Gasteiger partial charge in [-0.1, -0.05) is 0 Å².